The van der Waals surface area contributed by atoms with Crippen molar-refractivity contribution in [3.63, 3.8) is 0 Å². The molecule has 0 radical (unpaired) electrons. The van der Waals surface area contributed by atoms with E-state index in [9.17, 15) is 0 Å². The van der Waals surface area contributed by atoms with E-state index in [2.05, 4.69) is 11.1 Å². The number of hydrogen-bond donors (Lipinski definition) is 1. The summed E-state index contributed by atoms with van der Waals surface area (Å²) in [6.07, 6.45) is 3.12. The van der Waals surface area contributed by atoms with E-state index in [1.807, 2.05) is 25.1 Å². The van der Waals surface area contributed by atoms with E-state index in [4.69, 9.17) is 17.3 Å². The smallest absolute Gasteiger partial charge is 0.0738 e. The van der Waals surface area contributed by atoms with Gasteiger partial charge in [-0.3, -0.25) is 4.98 Å². The van der Waals surface area contributed by atoms with Gasteiger partial charge in [0.25, 0.3) is 0 Å². The summed E-state index contributed by atoms with van der Waals surface area (Å²) in [7, 11) is 0. The second-order valence-electron chi connectivity index (χ2n) is 4.34. The Kier molecular flexibility index (Phi) is 3.97. The van der Waals surface area contributed by atoms with Crippen molar-refractivity contribution in [1.29, 1.82) is 0 Å². The first-order valence-electron chi connectivity index (χ1n) is 5.96. The van der Waals surface area contributed by atoms with Crippen LogP contribution in [0.3, 0.4) is 0 Å². The molecule has 2 rings (SSSR count). The molecule has 2 nitrogen and oxygen atoms in total. The molecular formula is C14H17ClN2. The van der Waals surface area contributed by atoms with E-state index >= 15 is 0 Å². The Bertz CT molecular complexity index is 523. The lowest BCUT2D eigenvalue weighted by atomic mass is 10.0. The average Bonchev–Trinajstić information content (AvgIpc) is 2.30. The number of nitrogens with zero attached hydrogens (tertiary/aromatic N) is 1. The second-order valence-corrected chi connectivity index (χ2v) is 4.77. The number of hydrogen-bond acceptors (Lipinski definition) is 2. The zero-order valence-electron chi connectivity index (χ0n) is 10.0. The van der Waals surface area contributed by atoms with Gasteiger partial charge in [0.2, 0.25) is 0 Å². The summed E-state index contributed by atoms with van der Waals surface area (Å²) in [5.74, 6) is 0. The highest BCUT2D eigenvalue weighted by Gasteiger charge is 2.05. The molecule has 2 N–H and O–H groups in total. The molecule has 0 amide bonds. The summed E-state index contributed by atoms with van der Waals surface area (Å²) in [6.45, 7) is 2.75. The van der Waals surface area contributed by atoms with Crippen LogP contribution in [0, 0.1) is 6.92 Å². The highest BCUT2D eigenvalue weighted by atomic mass is 35.5. The summed E-state index contributed by atoms with van der Waals surface area (Å²) >= 11 is 6.12. The molecule has 0 aliphatic rings. The Morgan fingerprint density at radius 3 is 2.82 bits per heavy atom. The Balaban J connectivity index is 2.40. The van der Waals surface area contributed by atoms with E-state index in [0.29, 0.717) is 0 Å². The molecule has 0 spiro atoms. The minimum Gasteiger partial charge on any atom is -0.330 e. The van der Waals surface area contributed by atoms with Crippen molar-refractivity contribution < 1.29 is 0 Å². The van der Waals surface area contributed by atoms with Crippen LogP contribution >= 0.6 is 11.6 Å². The fraction of sp³-hybridized carbons (Fsp3) is 0.357. The molecule has 0 saturated carbocycles. The molecule has 17 heavy (non-hydrogen) atoms. The SMILES string of the molecule is Cc1ccc2cc(Cl)cc(CCCCN)c2n1. The summed E-state index contributed by atoms with van der Waals surface area (Å²) in [5, 5.41) is 1.90. The van der Waals surface area contributed by atoms with Gasteiger partial charge < -0.3 is 5.73 Å². The standard InChI is InChI=1S/C14H17ClN2/c1-10-5-6-12-9-13(15)8-11(14(12)17-10)4-2-3-7-16/h5-6,8-9H,2-4,7,16H2,1H3. The molecule has 0 saturated heterocycles. The first-order chi connectivity index (χ1) is 8.20. The lowest BCUT2D eigenvalue weighted by Crippen LogP contribution is -1.99. The van der Waals surface area contributed by atoms with Crippen LogP contribution in [0.2, 0.25) is 5.02 Å². The summed E-state index contributed by atoms with van der Waals surface area (Å²) in [6, 6.07) is 8.08. The molecule has 0 aliphatic carbocycles. The van der Waals surface area contributed by atoms with E-state index in [1.165, 1.54) is 5.56 Å². The van der Waals surface area contributed by atoms with Crippen LogP contribution in [-0.2, 0) is 6.42 Å². The third-order valence-electron chi connectivity index (χ3n) is 2.88. The van der Waals surface area contributed by atoms with Crippen molar-refractivity contribution in [2.75, 3.05) is 6.54 Å². The molecule has 2 aromatic rings. The van der Waals surface area contributed by atoms with Crippen LogP contribution in [0.15, 0.2) is 24.3 Å². The zero-order chi connectivity index (χ0) is 12.3. The third-order valence-corrected chi connectivity index (χ3v) is 3.09. The molecule has 0 unspecified atom stereocenters. The van der Waals surface area contributed by atoms with Gasteiger partial charge in [-0.15, -0.1) is 0 Å². The van der Waals surface area contributed by atoms with Gasteiger partial charge in [-0.2, -0.15) is 0 Å². The Labute approximate surface area is 107 Å². The van der Waals surface area contributed by atoms with E-state index in [0.717, 1.165) is 47.4 Å². The van der Waals surface area contributed by atoms with Gasteiger partial charge in [0.05, 0.1) is 5.52 Å². The molecule has 1 aromatic heterocycles. The second kappa shape index (κ2) is 5.48. The fourth-order valence-corrected chi connectivity index (χ4v) is 2.27. The number of rotatable bonds is 4. The topological polar surface area (TPSA) is 38.9 Å². The van der Waals surface area contributed by atoms with Crippen LogP contribution < -0.4 is 5.73 Å². The highest BCUT2D eigenvalue weighted by Crippen LogP contribution is 2.24. The van der Waals surface area contributed by atoms with Gasteiger partial charge >= 0.3 is 0 Å². The van der Waals surface area contributed by atoms with Gasteiger partial charge in [-0.1, -0.05) is 17.7 Å². The van der Waals surface area contributed by atoms with Crippen LogP contribution in [-0.4, -0.2) is 11.5 Å². The van der Waals surface area contributed by atoms with Crippen molar-refractivity contribution in [2.45, 2.75) is 26.2 Å². The zero-order valence-corrected chi connectivity index (χ0v) is 10.8. The molecule has 0 fully saturated rings. The average molecular weight is 249 g/mol. The van der Waals surface area contributed by atoms with Crippen LogP contribution in [0.5, 0.6) is 0 Å². The van der Waals surface area contributed by atoms with Gasteiger partial charge in [-0.25, -0.2) is 0 Å². The Morgan fingerprint density at radius 1 is 1.24 bits per heavy atom. The maximum atomic E-state index is 6.12. The lowest BCUT2D eigenvalue weighted by Gasteiger charge is -2.07. The lowest BCUT2D eigenvalue weighted by molar-refractivity contribution is 0.746. The molecule has 0 atom stereocenters. The minimum absolute atomic E-state index is 0.741. The predicted octanol–water partition coefficient (Wildman–Crippen LogP) is 3.48. The quantitative estimate of drug-likeness (QED) is 0.842. The molecule has 90 valence electrons. The van der Waals surface area contributed by atoms with Crippen LogP contribution in [0.1, 0.15) is 24.1 Å². The normalized spacial score (nSPS) is 11.0. The van der Waals surface area contributed by atoms with Crippen molar-refractivity contribution in [2.24, 2.45) is 5.73 Å². The van der Waals surface area contributed by atoms with Crippen molar-refractivity contribution in [3.05, 3.63) is 40.5 Å². The molecule has 1 aromatic carbocycles. The number of pyridine rings is 1. The Hall–Kier alpha value is -1.12. The number of aromatic nitrogens is 1. The first-order valence-corrected chi connectivity index (χ1v) is 6.34. The van der Waals surface area contributed by atoms with Gasteiger partial charge in [0, 0.05) is 16.1 Å². The largest absolute Gasteiger partial charge is 0.330 e. The highest BCUT2D eigenvalue weighted by molar-refractivity contribution is 6.31. The molecule has 1 heterocycles. The Morgan fingerprint density at radius 2 is 2.06 bits per heavy atom. The molecule has 0 bridgehead atoms. The van der Waals surface area contributed by atoms with Crippen molar-refractivity contribution >= 4 is 22.5 Å². The number of benzene rings is 1. The minimum atomic E-state index is 0.741. The first kappa shape index (κ1) is 12.3. The molecule has 3 heteroatoms. The maximum absolute atomic E-state index is 6.12. The summed E-state index contributed by atoms with van der Waals surface area (Å²) in [4.78, 5) is 4.61. The van der Waals surface area contributed by atoms with Crippen LogP contribution in [0.4, 0.5) is 0 Å². The number of fused-ring (bicyclic) bond motifs is 1. The van der Waals surface area contributed by atoms with Gasteiger partial charge in [0.15, 0.2) is 0 Å². The third kappa shape index (κ3) is 2.96. The van der Waals surface area contributed by atoms with E-state index in [1.54, 1.807) is 0 Å². The fourth-order valence-electron chi connectivity index (χ4n) is 2.02. The monoisotopic (exact) mass is 248 g/mol. The van der Waals surface area contributed by atoms with Gasteiger partial charge in [-0.05, 0) is 56.5 Å². The predicted molar refractivity (Wildman–Crippen MR) is 73.5 cm³/mol. The maximum Gasteiger partial charge on any atom is 0.0738 e. The summed E-state index contributed by atoms with van der Waals surface area (Å²) in [5.41, 5.74) is 8.86. The van der Waals surface area contributed by atoms with Crippen LogP contribution in [0.25, 0.3) is 10.9 Å². The number of halogens is 1. The number of unbranched alkanes of at least 4 members (excludes halogenated alkanes) is 1. The number of nitrogens with two attached hydrogens (primary N) is 1. The van der Waals surface area contributed by atoms with Crippen molar-refractivity contribution in [3.8, 4) is 0 Å². The molecule has 0 aliphatic heterocycles. The van der Waals surface area contributed by atoms with E-state index < -0.39 is 0 Å². The van der Waals surface area contributed by atoms with Gasteiger partial charge in [0.1, 0.15) is 0 Å². The number of aryl methyl sites for hydroxylation is 2. The molecular weight excluding hydrogens is 232 g/mol. The van der Waals surface area contributed by atoms with Crippen molar-refractivity contribution in [1.82, 2.24) is 4.98 Å². The van der Waals surface area contributed by atoms with E-state index in [-0.39, 0.29) is 0 Å². The summed E-state index contributed by atoms with van der Waals surface area (Å²) < 4.78 is 0.